The van der Waals surface area contributed by atoms with Crippen molar-refractivity contribution in [1.82, 2.24) is 0 Å². The highest BCUT2D eigenvalue weighted by Gasteiger charge is 2.41. The van der Waals surface area contributed by atoms with E-state index in [1.165, 1.54) is 17.5 Å². The number of carbonyl (C=O) groups is 1. The largest absolute Gasteiger partial charge is 0.457 e. The van der Waals surface area contributed by atoms with Gasteiger partial charge in [0.25, 0.3) is 0 Å². The third-order valence-electron chi connectivity index (χ3n) is 5.20. The minimum absolute atomic E-state index is 0.0635. The highest BCUT2D eigenvalue weighted by Crippen LogP contribution is 2.40. The summed E-state index contributed by atoms with van der Waals surface area (Å²) in [6, 6.07) is 8.34. The first-order chi connectivity index (χ1) is 10.2. The van der Waals surface area contributed by atoms with Crippen LogP contribution in [0.4, 0.5) is 0 Å². The molecule has 3 heteroatoms. The second-order valence-corrected chi connectivity index (χ2v) is 6.53. The predicted molar refractivity (Wildman–Crippen MR) is 82.8 cm³/mol. The first kappa shape index (κ1) is 14.6. The van der Waals surface area contributed by atoms with Crippen LogP contribution in [0, 0.1) is 5.41 Å². The third-order valence-corrected chi connectivity index (χ3v) is 5.20. The molecular weight excluding hydrogens is 262 g/mol. The van der Waals surface area contributed by atoms with Crippen LogP contribution < -0.4 is 5.73 Å². The van der Waals surface area contributed by atoms with Crippen LogP contribution in [0.5, 0.6) is 0 Å². The second kappa shape index (κ2) is 6.18. The van der Waals surface area contributed by atoms with Gasteiger partial charge in [-0.25, -0.2) is 0 Å². The van der Waals surface area contributed by atoms with Gasteiger partial charge in [-0.15, -0.1) is 0 Å². The van der Waals surface area contributed by atoms with Gasteiger partial charge in [0, 0.05) is 6.54 Å². The normalized spacial score (nSPS) is 24.1. The average Bonchev–Trinajstić information content (AvgIpc) is 2.56. The second-order valence-electron chi connectivity index (χ2n) is 6.53. The quantitative estimate of drug-likeness (QED) is 0.865. The van der Waals surface area contributed by atoms with Crippen LogP contribution in [-0.4, -0.2) is 12.5 Å². The van der Waals surface area contributed by atoms with Crippen molar-refractivity contribution in [3.63, 3.8) is 0 Å². The van der Waals surface area contributed by atoms with E-state index in [0.29, 0.717) is 6.54 Å². The van der Waals surface area contributed by atoms with Crippen molar-refractivity contribution in [3.05, 3.63) is 35.4 Å². The molecule has 21 heavy (non-hydrogen) atoms. The van der Waals surface area contributed by atoms with Gasteiger partial charge >= 0.3 is 5.97 Å². The van der Waals surface area contributed by atoms with Gasteiger partial charge in [0.15, 0.2) is 0 Å². The number of aryl methyl sites for hydroxylation is 1. The third kappa shape index (κ3) is 2.84. The average molecular weight is 287 g/mol. The van der Waals surface area contributed by atoms with Gasteiger partial charge in [0.05, 0.1) is 5.41 Å². The Bertz CT molecular complexity index is 506. The van der Waals surface area contributed by atoms with Crippen LogP contribution >= 0.6 is 0 Å². The van der Waals surface area contributed by atoms with E-state index in [0.717, 1.165) is 44.9 Å². The standard InChI is InChI=1S/C18H25NO2/c19-13-18(11-4-1-5-12-18)17(20)21-16-10-6-8-14-7-2-3-9-15(14)16/h2-3,7,9,16H,1,4-6,8,10-13,19H2. The zero-order valence-electron chi connectivity index (χ0n) is 12.6. The number of benzene rings is 1. The molecule has 3 rings (SSSR count). The van der Waals surface area contributed by atoms with Crippen molar-refractivity contribution in [2.45, 2.75) is 57.5 Å². The number of esters is 1. The van der Waals surface area contributed by atoms with Crippen LogP contribution in [0.15, 0.2) is 24.3 Å². The van der Waals surface area contributed by atoms with Gasteiger partial charge in [0.2, 0.25) is 0 Å². The summed E-state index contributed by atoms with van der Waals surface area (Å²) >= 11 is 0. The Morgan fingerprint density at radius 1 is 1.19 bits per heavy atom. The van der Waals surface area contributed by atoms with E-state index in [-0.39, 0.29) is 12.1 Å². The Morgan fingerprint density at radius 3 is 2.71 bits per heavy atom. The van der Waals surface area contributed by atoms with E-state index in [1.54, 1.807) is 0 Å². The summed E-state index contributed by atoms with van der Waals surface area (Å²) in [5, 5.41) is 0. The number of hydrogen-bond acceptors (Lipinski definition) is 3. The molecule has 1 unspecified atom stereocenters. The monoisotopic (exact) mass is 287 g/mol. The van der Waals surface area contributed by atoms with Crippen molar-refractivity contribution < 1.29 is 9.53 Å². The molecule has 2 N–H and O–H groups in total. The lowest BCUT2D eigenvalue weighted by Crippen LogP contribution is -2.42. The number of carbonyl (C=O) groups excluding carboxylic acids is 1. The van der Waals surface area contributed by atoms with Crippen LogP contribution in [0.3, 0.4) is 0 Å². The summed E-state index contributed by atoms with van der Waals surface area (Å²) in [6.45, 7) is 0.417. The van der Waals surface area contributed by atoms with Gasteiger partial charge in [0.1, 0.15) is 6.10 Å². The van der Waals surface area contributed by atoms with E-state index in [2.05, 4.69) is 18.2 Å². The fourth-order valence-electron chi connectivity index (χ4n) is 3.81. The van der Waals surface area contributed by atoms with E-state index in [1.807, 2.05) is 6.07 Å². The number of fused-ring (bicyclic) bond motifs is 1. The van der Waals surface area contributed by atoms with Crippen molar-refractivity contribution in [1.29, 1.82) is 0 Å². The zero-order chi connectivity index (χ0) is 14.7. The molecule has 0 saturated heterocycles. The Kier molecular flexibility index (Phi) is 4.29. The molecule has 114 valence electrons. The van der Waals surface area contributed by atoms with Gasteiger partial charge in [-0.05, 0) is 43.2 Å². The molecule has 0 spiro atoms. The highest BCUT2D eigenvalue weighted by atomic mass is 16.5. The lowest BCUT2D eigenvalue weighted by molar-refractivity contribution is -0.164. The molecule has 1 aromatic rings. The molecule has 0 heterocycles. The molecule has 0 radical (unpaired) electrons. The van der Waals surface area contributed by atoms with Crippen molar-refractivity contribution in [2.24, 2.45) is 11.1 Å². The maximum atomic E-state index is 12.7. The molecule has 0 aliphatic heterocycles. The number of nitrogens with two attached hydrogens (primary N) is 1. The summed E-state index contributed by atoms with van der Waals surface area (Å²) in [5.74, 6) is -0.0635. The molecule has 1 aromatic carbocycles. The molecule has 3 nitrogen and oxygen atoms in total. The first-order valence-corrected chi connectivity index (χ1v) is 8.24. The smallest absolute Gasteiger partial charge is 0.313 e. The summed E-state index contributed by atoms with van der Waals surface area (Å²) < 4.78 is 5.93. The number of ether oxygens (including phenoxy) is 1. The maximum absolute atomic E-state index is 12.7. The van der Waals surface area contributed by atoms with Crippen molar-refractivity contribution in [3.8, 4) is 0 Å². The molecule has 0 bridgehead atoms. The predicted octanol–water partition coefficient (Wildman–Crippen LogP) is 3.52. The van der Waals surface area contributed by atoms with E-state index in [4.69, 9.17) is 10.5 Å². The maximum Gasteiger partial charge on any atom is 0.313 e. The van der Waals surface area contributed by atoms with Crippen LogP contribution in [0.25, 0.3) is 0 Å². The highest BCUT2D eigenvalue weighted by molar-refractivity contribution is 5.77. The summed E-state index contributed by atoms with van der Waals surface area (Å²) in [7, 11) is 0. The van der Waals surface area contributed by atoms with E-state index < -0.39 is 5.41 Å². The molecule has 0 aromatic heterocycles. The van der Waals surface area contributed by atoms with Crippen LogP contribution in [-0.2, 0) is 16.0 Å². The van der Waals surface area contributed by atoms with E-state index >= 15 is 0 Å². The van der Waals surface area contributed by atoms with Gasteiger partial charge in [-0.1, -0.05) is 43.5 Å². The lowest BCUT2D eigenvalue weighted by Gasteiger charge is -2.36. The zero-order valence-corrected chi connectivity index (χ0v) is 12.6. The Balaban J connectivity index is 1.76. The molecule has 1 saturated carbocycles. The van der Waals surface area contributed by atoms with Gasteiger partial charge in [-0.3, -0.25) is 4.79 Å². The molecule has 2 aliphatic carbocycles. The van der Waals surface area contributed by atoms with Crippen LogP contribution in [0.2, 0.25) is 0 Å². The number of rotatable bonds is 3. The van der Waals surface area contributed by atoms with Crippen molar-refractivity contribution >= 4 is 5.97 Å². The summed E-state index contributed by atoms with van der Waals surface area (Å²) in [5.41, 5.74) is 8.03. The van der Waals surface area contributed by atoms with E-state index in [9.17, 15) is 4.79 Å². The Labute approximate surface area is 126 Å². The molecular formula is C18H25NO2. The van der Waals surface area contributed by atoms with Gasteiger partial charge in [-0.2, -0.15) is 0 Å². The minimum Gasteiger partial charge on any atom is -0.457 e. The molecule has 2 aliphatic rings. The molecule has 1 atom stereocenters. The fraction of sp³-hybridized carbons (Fsp3) is 0.611. The number of hydrogen-bond donors (Lipinski definition) is 1. The topological polar surface area (TPSA) is 52.3 Å². The lowest BCUT2D eigenvalue weighted by atomic mass is 9.74. The van der Waals surface area contributed by atoms with Crippen LogP contribution in [0.1, 0.15) is 62.2 Å². The molecule has 1 fully saturated rings. The Hall–Kier alpha value is -1.35. The van der Waals surface area contributed by atoms with Crippen molar-refractivity contribution in [2.75, 3.05) is 6.54 Å². The first-order valence-electron chi connectivity index (χ1n) is 8.24. The molecule has 0 amide bonds. The Morgan fingerprint density at radius 2 is 1.95 bits per heavy atom. The minimum atomic E-state index is -0.426. The van der Waals surface area contributed by atoms with Gasteiger partial charge < -0.3 is 10.5 Å². The summed E-state index contributed by atoms with van der Waals surface area (Å²) in [4.78, 5) is 12.7. The SMILES string of the molecule is NCC1(C(=O)OC2CCCc3ccccc32)CCCCC1. The fourth-order valence-corrected chi connectivity index (χ4v) is 3.81. The summed E-state index contributed by atoms with van der Waals surface area (Å²) in [6.07, 6.45) is 8.20.